The van der Waals surface area contributed by atoms with Crippen LogP contribution in [0, 0.1) is 0 Å². The number of carbonyl (C=O) groups excluding carboxylic acids is 2. The van der Waals surface area contributed by atoms with Gasteiger partial charge < -0.3 is 19.7 Å². The molecule has 1 heterocycles. The Morgan fingerprint density at radius 2 is 1.64 bits per heavy atom. The Hall–Kier alpha value is -2.44. The summed E-state index contributed by atoms with van der Waals surface area (Å²) in [5.41, 5.74) is 1.95. The van der Waals surface area contributed by atoms with E-state index < -0.39 is 18.9 Å². The molecule has 28 heavy (non-hydrogen) atoms. The molecule has 1 amide bonds. The Morgan fingerprint density at radius 3 is 2.36 bits per heavy atom. The second-order valence-electron chi connectivity index (χ2n) is 6.29. The minimum Gasteiger partial charge on any atom is -0.428 e. The zero-order valence-electron chi connectivity index (χ0n) is 15.1. The predicted molar refractivity (Wildman–Crippen MR) is 108 cm³/mol. The van der Waals surface area contributed by atoms with Crippen molar-refractivity contribution in [3.63, 3.8) is 0 Å². The molecule has 0 aliphatic carbocycles. The summed E-state index contributed by atoms with van der Waals surface area (Å²) in [4.78, 5) is 25.5. The highest BCUT2D eigenvalue weighted by atomic mass is 35.5. The lowest BCUT2D eigenvalue weighted by Crippen LogP contribution is -2.29. The molecule has 1 aliphatic rings. The Morgan fingerprint density at radius 1 is 0.964 bits per heavy atom. The molecule has 3 rings (SSSR count). The van der Waals surface area contributed by atoms with Crippen molar-refractivity contribution in [3.05, 3.63) is 58.1 Å². The average Bonchev–Trinajstić information content (AvgIpc) is 3.21. The van der Waals surface area contributed by atoms with E-state index in [-0.39, 0.29) is 6.42 Å². The molecule has 0 aromatic heterocycles. The van der Waals surface area contributed by atoms with Crippen LogP contribution >= 0.6 is 23.2 Å². The first-order chi connectivity index (χ1) is 13.5. The predicted octanol–water partition coefficient (Wildman–Crippen LogP) is 5.01. The lowest BCUT2D eigenvalue weighted by molar-refractivity contribution is -0.151. The summed E-state index contributed by atoms with van der Waals surface area (Å²) in [6, 6.07) is 12.5. The smallest absolute Gasteiger partial charge is 0.412 e. The van der Waals surface area contributed by atoms with Gasteiger partial charge in [-0.05, 0) is 36.6 Å². The molecule has 1 saturated heterocycles. The van der Waals surface area contributed by atoms with Crippen LogP contribution in [0.1, 0.15) is 18.4 Å². The molecule has 0 radical (unpaired) electrons. The van der Waals surface area contributed by atoms with Gasteiger partial charge in [-0.3, -0.25) is 4.79 Å². The largest absolute Gasteiger partial charge is 0.428 e. The van der Waals surface area contributed by atoms with Crippen LogP contribution in [-0.4, -0.2) is 36.8 Å². The van der Waals surface area contributed by atoms with Gasteiger partial charge in [0.05, 0.1) is 22.2 Å². The van der Waals surface area contributed by atoms with Crippen molar-refractivity contribution >= 4 is 46.6 Å². The van der Waals surface area contributed by atoms with Gasteiger partial charge >= 0.3 is 12.1 Å². The molecule has 2 aromatic carbocycles. The third-order valence-electron chi connectivity index (χ3n) is 4.34. The maximum absolute atomic E-state index is 12.1. The van der Waals surface area contributed by atoms with Gasteiger partial charge in [0.25, 0.3) is 0 Å². The Labute approximate surface area is 173 Å². The van der Waals surface area contributed by atoms with Gasteiger partial charge in [0, 0.05) is 18.8 Å². The number of anilines is 2. The fraction of sp³-hybridized carbons (Fsp3) is 0.300. The van der Waals surface area contributed by atoms with E-state index >= 15 is 0 Å². The molecule has 1 N–H and O–H groups in total. The van der Waals surface area contributed by atoms with Gasteiger partial charge in [0.1, 0.15) is 0 Å². The van der Waals surface area contributed by atoms with Crippen LogP contribution < -0.4 is 5.32 Å². The Balaban J connectivity index is 1.57. The lowest BCUT2D eigenvalue weighted by atomic mass is 10.1. The van der Waals surface area contributed by atoms with E-state index in [1.807, 2.05) is 18.2 Å². The van der Waals surface area contributed by atoms with Crippen LogP contribution in [0.4, 0.5) is 16.2 Å². The van der Waals surface area contributed by atoms with Crippen molar-refractivity contribution in [2.75, 3.05) is 25.2 Å². The zero-order chi connectivity index (χ0) is 19.9. The molecule has 6 nitrogen and oxygen atoms in total. The topological polar surface area (TPSA) is 67.9 Å². The normalized spacial score (nSPS) is 13.3. The maximum atomic E-state index is 12.1. The second-order valence-corrected chi connectivity index (χ2v) is 7.11. The standard InChI is InChI=1S/C20H20Cl2N2O4/c21-15-7-5-8-16(22)19(15)23-17-9-2-1-6-14(17)12-18(25)27-13-28-20(26)24-10-3-4-11-24/h1-2,5-9,23H,3-4,10-13H2. The van der Waals surface area contributed by atoms with Crippen molar-refractivity contribution in [1.29, 1.82) is 0 Å². The number of nitrogens with one attached hydrogen (secondary N) is 1. The molecule has 0 atom stereocenters. The van der Waals surface area contributed by atoms with Gasteiger partial charge in [0.15, 0.2) is 0 Å². The zero-order valence-corrected chi connectivity index (χ0v) is 16.6. The highest BCUT2D eigenvalue weighted by Crippen LogP contribution is 2.33. The molecule has 0 spiro atoms. The van der Waals surface area contributed by atoms with Gasteiger partial charge in [-0.15, -0.1) is 0 Å². The first-order valence-electron chi connectivity index (χ1n) is 8.91. The maximum Gasteiger partial charge on any atom is 0.412 e. The summed E-state index contributed by atoms with van der Waals surface area (Å²) in [6.07, 6.45) is 1.48. The first kappa shape index (κ1) is 20.3. The van der Waals surface area contributed by atoms with Crippen molar-refractivity contribution in [1.82, 2.24) is 4.90 Å². The van der Waals surface area contributed by atoms with E-state index in [1.165, 1.54) is 0 Å². The summed E-state index contributed by atoms with van der Waals surface area (Å²) in [5, 5.41) is 4.10. The molecule has 148 valence electrons. The minimum absolute atomic E-state index is 0.00646. The van der Waals surface area contributed by atoms with Gasteiger partial charge in [-0.2, -0.15) is 0 Å². The third-order valence-corrected chi connectivity index (χ3v) is 4.97. The fourth-order valence-corrected chi connectivity index (χ4v) is 3.38. The Kier molecular flexibility index (Phi) is 7.01. The van der Waals surface area contributed by atoms with Crippen LogP contribution in [0.5, 0.6) is 0 Å². The van der Waals surface area contributed by atoms with E-state index in [0.717, 1.165) is 12.8 Å². The van der Waals surface area contributed by atoms with E-state index in [9.17, 15) is 9.59 Å². The highest BCUT2D eigenvalue weighted by Gasteiger charge is 2.19. The summed E-state index contributed by atoms with van der Waals surface area (Å²) >= 11 is 12.4. The number of esters is 1. The molecule has 0 bridgehead atoms. The van der Waals surface area contributed by atoms with Crippen molar-refractivity contribution in [3.8, 4) is 0 Å². The number of hydrogen-bond acceptors (Lipinski definition) is 5. The number of likely N-dealkylation sites (tertiary alicyclic amines) is 1. The number of ether oxygens (including phenoxy) is 2. The quantitative estimate of drug-likeness (QED) is 0.523. The monoisotopic (exact) mass is 422 g/mol. The molecule has 2 aromatic rings. The molecule has 0 unspecified atom stereocenters. The number of hydrogen-bond donors (Lipinski definition) is 1. The number of halogens is 2. The van der Waals surface area contributed by atoms with Gasteiger partial charge in [-0.25, -0.2) is 4.79 Å². The van der Waals surface area contributed by atoms with Crippen LogP contribution in [-0.2, 0) is 20.7 Å². The second kappa shape index (κ2) is 9.66. The number of carbonyl (C=O) groups is 2. The summed E-state index contributed by atoms with van der Waals surface area (Å²) < 4.78 is 10.0. The van der Waals surface area contributed by atoms with Crippen LogP contribution in [0.15, 0.2) is 42.5 Å². The van der Waals surface area contributed by atoms with E-state index in [2.05, 4.69) is 5.32 Å². The van der Waals surface area contributed by atoms with Crippen LogP contribution in [0.25, 0.3) is 0 Å². The van der Waals surface area contributed by atoms with Crippen molar-refractivity contribution < 1.29 is 19.1 Å². The van der Waals surface area contributed by atoms with E-state index in [4.69, 9.17) is 32.7 Å². The molecule has 1 fully saturated rings. The summed E-state index contributed by atoms with van der Waals surface area (Å²) in [6.45, 7) is 0.951. The fourth-order valence-electron chi connectivity index (χ4n) is 2.89. The number of amides is 1. The van der Waals surface area contributed by atoms with Gasteiger partial charge in [0.2, 0.25) is 6.79 Å². The summed E-state index contributed by atoms with van der Waals surface area (Å²) in [5.74, 6) is -0.506. The minimum atomic E-state index is -0.506. The van der Waals surface area contributed by atoms with Crippen LogP contribution in [0.2, 0.25) is 10.0 Å². The Bertz CT molecular complexity index is 834. The van der Waals surface area contributed by atoms with E-state index in [0.29, 0.717) is 40.1 Å². The number of para-hydroxylation sites is 2. The average molecular weight is 423 g/mol. The van der Waals surface area contributed by atoms with Crippen molar-refractivity contribution in [2.24, 2.45) is 0 Å². The number of nitrogens with zero attached hydrogens (tertiary/aromatic N) is 1. The highest BCUT2D eigenvalue weighted by molar-refractivity contribution is 6.39. The first-order valence-corrected chi connectivity index (χ1v) is 9.66. The SMILES string of the molecule is O=C(Cc1ccccc1Nc1c(Cl)cccc1Cl)OCOC(=O)N1CCCC1. The lowest BCUT2D eigenvalue weighted by Gasteiger charge is -2.16. The molecular weight excluding hydrogens is 403 g/mol. The van der Waals surface area contributed by atoms with Crippen molar-refractivity contribution in [2.45, 2.75) is 19.3 Å². The molecular formula is C20H20Cl2N2O4. The van der Waals surface area contributed by atoms with Crippen LogP contribution in [0.3, 0.4) is 0 Å². The summed E-state index contributed by atoms with van der Waals surface area (Å²) in [7, 11) is 0. The molecule has 1 aliphatic heterocycles. The third kappa shape index (κ3) is 5.30. The molecule has 0 saturated carbocycles. The number of rotatable bonds is 6. The number of benzene rings is 2. The van der Waals surface area contributed by atoms with Gasteiger partial charge in [-0.1, -0.05) is 47.5 Å². The molecule has 8 heteroatoms. The van der Waals surface area contributed by atoms with E-state index in [1.54, 1.807) is 29.2 Å².